The van der Waals surface area contributed by atoms with E-state index < -0.39 is 18.5 Å². The number of ether oxygens (including phenoxy) is 3. The van der Waals surface area contributed by atoms with Crippen molar-refractivity contribution in [1.82, 2.24) is 5.32 Å². The first-order chi connectivity index (χ1) is 15.3. The van der Waals surface area contributed by atoms with Crippen LogP contribution < -0.4 is 20.1 Å². The Morgan fingerprint density at radius 3 is 2.47 bits per heavy atom. The summed E-state index contributed by atoms with van der Waals surface area (Å²) < 4.78 is 16.1. The fraction of sp³-hybridized carbons (Fsp3) is 0.375. The third-order valence-electron chi connectivity index (χ3n) is 4.43. The van der Waals surface area contributed by atoms with Crippen molar-refractivity contribution >= 4 is 23.5 Å². The summed E-state index contributed by atoms with van der Waals surface area (Å²) in [5.74, 6) is 0.0393. The fourth-order valence-corrected chi connectivity index (χ4v) is 2.73. The Bertz CT molecular complexity index is 942. The second-order valence-electron chi connectivity index (χ2n) is 7.46. The van der Waals surface area contributed by atoms with Gasteiger partial charge >= 0.3 is 5.97 Å². The fourth-order valence-electron chi connectivity index (χ4n) is 2.73. The predicted molar refractivity (Wildman–Crippen MR) is 121 cm³/mol. The molecule has 0 saturated carbocycles. The van der Waals surface area contributed by atoms with Gasteiger partial charge < -0.3 is 24.8 Å². The Kier molecular flexibility index (Phi) is 9.53. The van der Waals surface area contributed by atoms with E-state index in [1.807, 2.05) is 6.92 Å². The molecule has 0 aromatic heterocycles. The van der Waals surface area contributed by atoms with Crippen molar-refractivity contribution in [3.8, 4) is 11.5 Å². The molecule has 2 amide bonds. The van der Waals surface area contributed by atoms with Crippen molar-refractivity contribution < 1.29 is 28.6 Å². The molecule has 8 heteroatoms. The number of carbonyl (C=O) groups excluding carboxylic acids is 3. The SMILES string of the molecule is CCNC(=O)c1cccc(NC(=O)COC(=O)c2ccc(OCCC(C)C)c(OC)c2)c1. The van der Waals surface area contributed by atoms with Crippen molar-refractivity contribution in [3.63, 3.8) is 0 Å². The quantitative estimate of drug-likeness (QED) is 0.515. The van der Waals surface area contributed by atoms with Gasteiger partial charge in [-0.1, -0.05) is 19.9 Å². The van der Waals surface area contributed by atoms with Crippen LogP contribution in [0.4, 0.5) is 5.69 Å². The number of benzene rings is 2. The zero-order chi connectivity index (χ0) is 23.5. The maximum atomic E-state index is 12.3. The van der Waals surface area contributed by atoms with E-state index in [2.05, 4.69) is 24.5 Å². The average molecular weight is 443 g/mol. The van der Waals surface area contributed by atoms with E-state index in [0.717, 1.165) is 6.42 Å². The van der Waals surface area contributed by atoms with E-state index >= 15 is 0 Å². The molecular formula is C24H30N2O6. The summed E-state index contributed by atoms with van der Waals surface area (Å²) >= 11 is 0. The number of nitrogens with one attached hydrogen (secondary N) is 2. The molecule has 0 spiro atoms. The van der Waals surface area contributed by atoms with Crippen LogP contribution in [0.2, 0.25) is 0 Å². The smallest absolute Gasteiger partial charge is 0.338 e. The Labute approximate surface area is 188 Å². The second-order valence-corrected chi connectivity index (χ2v) is 7.46. The molecule has 0 aliphatic heterocycles. The highest BCUT2D eigenvalue weighted by Crippen LogP contribution is 2.28. The largest absolute Gasteiger partial charge is 0.493 e. The number of methoxy groups -OCH3 is 1. The highest BCUT2D eigenvalue weighted by atomic mass is 16.5. The molecule has 0 aliphatic rings. The molecule has 0 unspecified atom stereocenters. The second kappa shape index (κ2) is 12.3. The van der Waals surface area contributed by atoms with Crippen molar-refractivity contribution in [3.05, 3.63) is 53.6 Å². The van der Waals surface area contributed by atoms with Gasteiger partial charge in [0.05, 0.1) is 19.3 Å². The molecule has 172 valence electrons. The minimum atomic E-state index is -0.664. The lowest BCUT2D eigenvalue weighted by atomic mass is 10.1. The molecule has 0 radical (unpaired) electrons. The summed E-state index contributed by atoms with van der Waals surface area (Å²) in [7, 11) is 1.49. The van der Waals surface area contributed by atoms with Gasteiger partial charge in [-0.2, -0.15) is 0 Å². The first-order valence-corrected chi connectivity index (χ1v) is 10.5. The highest BCUT2D eigenvalue weighted by Gasteiger charge is 2.15. The Morgan fingerprint density at radius 2 is 1.78 bits per heavy atom. The first kappa shape index (κ1) is 24.7. The number of anilines is 1. The molecule has 2 aromatic rings. The molecule has 0 atom stereocenters. The number of hydrogen-bond donors (Lipinski definition) is 2. The monoisotopic (exact) mass is 442 g/mol. The number of rotatable bonds is 11. The van der Waals surface area contributed by atoms with E-state index in [1.54, 1.807) is 36.4 Å². The molecule has 0 fully saturated rings. The van der Waals surface area contributed by atoms with E-state index in [-0.39, 0.29) is 11.5 Å². The molecule has 0 aliphatic carbocycles. The topological polar surface area (TPSA) is 103 Å². The molecule has 2 rings (SSSR count). The lowest BCUT2D eigenvalue weighted by molar-refractivity contribution is -0.119. The van der Waals surface area contributed by atoms with Gasteiger partial charge in [0.15, 0.2) is 18.1 Å². The summed E-state index contributed by atoms with van der Waals surface area (Å²) in [6, 6.07) is 11.2. The number of carbonyl (C=O) groups is 3. The lowest BCUT2D eigenvalue weighted by Crippen LogP contribution is -2.23. The van der Waals surface area contributed by atoms with Crippen LogP contribution in [0.3, 0.4) is 0 Å². The van der Waals surface area contributed by atoms with Crippen molar-refractivity contribution in [2.45, 2.75) is 27.2 Å². The van der Waals surface area contributed by atoms with Gasteiger partial charge in [-0.15, -0.1) is 0 Å². The Balaban J connectivity index is 1.92. The number of esters is 1. The normalized spacial score (nSPS) is 10.4. The van der Waals surface area contributed by atoms with Gasteiger partial charge in [-0.25, -0.2) is 4.79 Å². The Hall–Kier alpha value is -3.55. The molecule has 2 aromatic carbocycles. The van der Waals surface area contributed by atoms with Crippen LogP contribution in [0.25, 0.3) is 0 Å². The third-order valence-corrected chi connectivity index (χ3v) is 4.43. The maximum absolute atomic E-state index is 12.3. The minimum absolute atomic E-state index is 0.236. The van der Waals surface area contributed by atoms with Crippen LogP contribution in [-0.2, 0) is 9.53 Å². The van der Waals surface area contributed by atoms with Gasteiger partial charge in [-0.05, 0) is 55.7 Å². The van der Waals surface area contributed by atoms with Crippen LogP contribution in [0.1, 0.15) is 47.9 Å². The zero-order valence-corrected chi connectivity index (χ0v) is 18.9. The van der Waals surface area contributed by atoms with E-state index in [0.29, 0.717) is 41.8 Å². The molecule has 0 saturated heterocycles. The molecule has 2 N–H and O–H groups in total. The van der Waals surface area contributed by atoms with Gasteiger partial charge in [-0.3, -0.25) is 9.59 Å². The molecule has 32 heavy (non-hydrogen) atoms. The summed E-state index contributed by atoms with van der Waals surface area (Å²) in [6.45, 7) is 6.60. The van der Waals surface area contributed by atoms with Crippen LogP contribution in [-0.4, -0.2) is 44.7 Å². The summed E-state index contributed by atoms with van der Waals surface area (Å²) in [5.41, 5.74) is 1.09. The average Bonchev–Trinajstić information content (AvgIpc) is 2.77. The van der Waals surface area contributed by atoms with Crippen molar-refractivity contribution in [1.29, 1.82) is 0 Å². The molecule has 0 heterocycles. The highest BCUT2D eigenvalue weighted by molar-refractivity contribution is 5.98. The molecule has 8 nitrogen and oxygen atoms in total. The maximum Gasteiger partial charge on any atom is 0.338 e. The van der Waals surface area contributed by atoms with E-state index in [4.69, 9.17) is 14.2 Å². The van der Waals surface area contributed by atoms with Crippen LogP contribution in [0.15, 0.2) is 42.5 Å². The number of amides is 2. The minimum Gasteiger partial charge on any atom is -0.493 e. The predicted octanol–water partition coefficient (Wildman–Crippen LogP) is 3.67. The third kappa shape index (κ3) is 7.61. The zero-order valence-electron chi connectivity index (χ0n) is 18.9. The van der Waals surface area contributed by atoms with Crippen LogP contribution >= 0.6 is 0 Å². The van der Waals surface area contributed by atoms with Crippen molar-refractivity contribution in [2.24, 2.45) is 5.92 Å². The standard InChI is InChI=1S/C24H30N2O6/c1-5-25-23(28)17-7-6-8-19(13-17)26-22(27)15-32-24(29)18-9-10-20(21(14-18)30-4)31-12-11-16(2)3/h6-10,13-14,16H,5,11-12,15H2,1-4H3,(H,25,28)(H,26,27). The van der Waals surface area contributed by atoms with Gasteiger partial charge in [0, 0.05) is 17.8 Å². The van der Waals surface area contributed by atoms with E-state index in [1.165, 1.54) is 13.2 Å². The Morgan fingerprint density at radius 1 is 1.00 bits per heavy atom. The van der Waals surface area contributed by atoms with Gasteiger partial charge in [0.25, 0.3) is 11.8 Å². The lowest BCUT2D eigenvalue weighted by Gasteiger charge is -2.13. The molecule has 0 bridgehead atoms. The van der Waals surface area contributed by atoms with Crippen LogP contribution in [0, 0.1) is 5.92 Å². The van der Waals surface area contributed by atoms with Crippen LogP contribution in [0.5, 0.6) is 11.5 Å². The summed E-state index contributed by atoms with van der Waals surface area (Å²) in [6.07, 6.45) is 0.897. The van der Waals surface area contributed by atoms with Gasteiger partial charge in [0.2, 0.25) is 0 Å². The first-order valence-electron chi connectivity index (χ1n) is 10.5. The molecular weight excluding hydrogens is 412 g/mol. The van der Waals surface area contributed by atoms with E-state index in [9.17, 15) is 14.4 Å². The van der Waals surface area contributed by atoms with Crippen molar-refractivity contribution in [2.75, 3.05) is 32.2 Å². The summed E-state index contributed by atoms with van der Waals surface area (Å²) in [5, 5.41) is 5.30. The van der Waals surface area contributed by atoms with Gasteiger partial charge in [0.1, 0.15) is 0 Å². The summed E-state index contributed by atoms with van der Waals surface area (Å²) in [4.78, 5) is 36.4. The number of hydrogen-bond acceptors (Lipinski definition) is 6.